The van der Waals surface area contributed by atoms with E-state index in [4.69, 9.17) is 18.0 Å². The van der Waals surface area contributed by atoms with Gasteiger partial charge in [0.2, 0.25) is 10.0 Å². The first-order chi connectivity index (χ1) is 12.2. The summed E-state index contributed by atoms with van der Waals surface area (Å²) in [5.41, 5.74) is 6.20. The number of carbonyl (C=O) groups is 1. The van der Waals surface area contributed by atoms with Crippen LogP contribution in [0.2, 0.25) is 0 Å². The third kappa shape index (κ3) is 4.16. The lowest BCUT2D eigenvalue weighted by atomic mass is 10.1. The fourth-order valence-electron chi connectivity index (χ4n) is 3.00. The van der Waals surface area contributed by atoms with Gasteiger partial charge in [0.05, 0.1) is 4.90 Å². The maximum Gasteiger partial charge on any atom is 0.243 e. The van der Waals surface area contributed by atoms with Crippen molar-refractivity contribution >= 4 is 38.8 Å². The Labute approximate surface area is 160 Å². The Morgan fingerprint density at radius 1 is 1.19 bits per heavy atom. The summed E-state index contributed by atoms with van der Waals surface area (Å²) in [6, 6.07) is 4.33. The molecule has 1 aromatic rings. The minimum atomic E-state index is -3.76. The summed E-state index contributed by atoms with van der Waals surface area (Å²) < 4.78 is 27.4. The van der Waals surface area contributed by atoms with E-state index in [0.29, 0.717) is 31.9 Å². The molecule has 2 N–H and O–H groups in total. The summed E-state index contributed by atoms with van der Waals surface area (Å²) in [7, 11) is -3.76. The van der Waals surface area contributed by atoms with Crippen LogP contribution in [0.5, 0.6) is 0 Å². The molecule has 0 amide bonds. The van der Waals surface area contributed by atoms with Gasteiger partial charge in [-0.25, -0.2) is 8.42 Å². The van der Waals surface area contributed by atoms with Gasteiger partial charge in [0, 0.05) is 50.5 Å². The molecule has 2 rings (SSSR count). The van der Waals surface area contributed by atoms with Gasteiger partial charge in [-0.05, 0) is 51.2 Å². The quantitative estimate of drug-likeness (QED) is 0.456. The highest BCUT2D eigenvalue weighted by Crippen LogP contribution is 2.24. The molecule has 0 aromatic heterocycles. The lowest BCUT2D eigenvalue weighted by Crippen LogP contribution is -2.53. The zero-order chi connectivity index (χ0) is 19.5. The average Bonchev–Trinajstić information content (AvgIpc) is 2.62. The van der Waals surface area contributed by atoms with Crippen molar-refractivity contribution in [1.29, 1.82) is 0 Å². The molecule has 0 aliphatic carbocycles. The van der Waals surface area contributed by atoms with Crippen molar-refractivity contribution in [3.05, 3.63) is 23.8 Å². The molecule has 1 fully saturated rings. The fourth-order valence-corrected chi connectivity index (χ4v) is 5.08. The summed E-state index contributed by atoms with van der Waals surface area (Å²) in [6.07, 6.45) is 0. The number of thiocarbonyl (C=S) groups is 1. The van der Waals surface area contributed by atoms with E-state index in [0.717, 1.165) is 18.2 Å². The van der Waals surface area contributed by atoms with Crippen LogP contribution in [0.1, 0.15) is 31.1 Å². The maximum atomic E-state index is 13.0. The second kappa shape index (κ2) is 8.32. The molecular weight excluding hydrogens is 372 g/mol. The van der Waals surface area contributed by atoms with Crippen LogP contribution < -0.4 is 5.73 Å². The normalized spacial score (nSPS) is 15.7. The van der Waals surface area contributed by atoms with Crippen LogP contribution in [0.25, 0.3) is 0 Å². The van der Waals surface area contributed by atoms with Crippen LogP contribution in [0.3, 0.4) is 0 Å². The lowest BCUT2D eigenvalue weighted by molar-refractivity contribution is 0.101. The maximum absolute atomic E-state index is 13.0. The number of sulfonamides is 1. The average molecular weight is 399 g/mol. The smallest absolute Gasteiger partial charge is 0.243 e. The second-order valence-electron chi connectivity index (χ2n) is 6.16. The van der Waals surface area contributed by atoms with Crippen molar-refractivity contribution in [2.45, 2.75) is 25.7 Å². The molecule has 144 valence electrons. The van der Waals surface area contributed by atoms with E-state index in [1.165, 1.54) is 29.4 Å². The molecular formula is C17H26N4O3S2. The Kier molecular flexibility index (Phi) is 6.59. The van der Waals surface area contributed by atoms with E-state index in [-0.39, 0.29) is 16.2 Å². The van der Waals surface area contributed by atoms with Crippen LogP contribution in [0.15, 0.2) is 23.1 Å². The molecule has 9 heteroatoms. The van der Waals surface area contributed by atoms with E-state index in [2.05, 4.69) is 4.90 Å². The molecule has 0 spiro atoms. The number of carbonyl (C=O) groups excluding carboxylic acids is 1. The summed E-state index contributed by atoms with van der Waals surface area (Å²) in [5, 5.41) is 0.754. The van der Waals surface area contributed by atoms with Crippen molar-refractivity contribution in [1.82, 2.24) is 14.1 Å². The number of piperazine rings is 1. The zero-order valence-electron chi connectivity index (χ0n) is 15.4. The van der Waals surface area contributed by atoms with Gasteiger partial charge in [0.15, 0.2) is 10.9 Å². The number of ketones is 1. The van der Waals surface area contributed by atoms with E-state index in [1.807, 2.05) is 18.7 Å². The molecule has 7 nitrogen and oxygen atoms in total. The van der Waals surface area contributed by atoms with Crippen molar-refractivity contribution in [2.75, 3.05) is 45.0 Å². The largest absolute Gasteiger partial charge is 0.399 e. The first-order valence-corrected chi connectivity index (χ1v) is 10.5. The Bertz CT molecular complexity index is 783. The predicted octanol–water partition coefficient (Wildman–Crippen LogP) is 1.40. The van der Waals surface area contributed by atoms with Crippen LogP contribution in [0, 0.1) is 0 Å². The Morgan fingerprint density at radius 2 is 1.77 bits per heavy atom. The predicted molar refractivity (Wildman–Crippen MR) is 107 cm³/mol. The van der Waals surface area contributed by atoms with Gasteiger partial charge in [-0.1, -0.05) is 0 Å². The number of hydrogen-bond donors (Lipinski definition) is 1. The Hall–Kier alpha value is -1.71. The molecule has 1 aliphatic rings. The summed E-state index contributed by atoms with van der Waals surface area (Å²) in [5.74, 6) is -0.322. The number of Topliss-reactive ketones (excluding diaryl/α,β-unsaturated/α-hetero) is 1. The number of nitrogen functional groups attached to an aromatic ring is 1. The molecule has 1 aliphatic heterocycles. The molecule has 1 heterocycles. The molecule has 0 saturated carbocycles. The van der Waals surface area contributed by atoms with Crippen molar-refractivity contribution in [2.24, 2.45) is 0 Å². The number of hydrogen-bond acceptors (Lipinski definition) is 5. The number of benzene rings is 1. The van der Waals surface area contributed by atoms with E-state index in [9.17, 15) is 13.2 Å². The molecule has 1 saturated heterocycles. The number of nitrogens with two attached hydrogens (primary N) is 1. The molecule has 0 radical (unpaired) electrons. The molecule has 0 unspecified atom stereocenters. The lowest BCUT2D eigenvalue weighted by Gasteiger charge is -2.38. The molecule has 1 aromatic carbocycles. The standard InChI is InChI=1S/C17H26N4O3S2/c1-4-19(5-2)17(25)20-8-10-21(11-9-20)26(23,24)16-7-6-14(18)12-15(16)13(3)22/h6-7,12H,4-5,8-11,18H2,1-3H3. The van der Waals surface area contributed by atoms with Gasteiger partial charge in [0.25, 0.3) is 0 Å². The second-order valence-corrected chi connectivity index (χ2v) is 8.43. The van der Waals surface area contributed by atoms with Gasteiger partial charge in [-0.15, -0.1) is 0 Å². The Morgan fingerprint density at radius 3 is 2.27 bits per heavy atom. The number of nitrogens with zero attached hydrogens (tertiary/aromatic N) is 3. The minimum Gasteiger partial charge on any atom is -0.399 e. The number of rotatable bonds is 5. The van der Waals surface area contributed by atoms with Crippen LogP contribution in [-0.4, -0.2) is 72.7 Å². The fraction of sp³-hybridized carbons (Fsp3) is 0.529. The zero-order valence-corrected chi connectivity index (χ0v) is 17.1. The Balaban J connectivity index is 2.19. The van der Waals surface area contributed by atoms with Crippen molar-refractivity contribution in [3.63, 3.8) is 0 Å². The highest BCUT2D eigenvalue weighted by molar-refractivity contribution is 7.89. The van der Waals surface area contributed by atoms with Crippen LogP contribution in [0.4, 0.5) is 5.69 Å². The monoisotopic (exact) mass is 398 g/mol. The highest BCUT2D eigenvalue weighted by Gasteiger charge is 2.32. The van der Waals surface area contributed by atoms with Crippen LogP contribution in [-0.2, 0) is 10.0 Å². The highest BCUT2D eigenvalue weighted by atomic mass is 32.2. The molecule has 26 heavy (non-hydrogen) atoms. The molecule has 0 bridgehead atoms. The van der Waals surface area contributed by atoms with Gasteiger partial charge < -0.3 is 15.5 Å². The van der Waals surface area contributed by atoms with Crippen molar-refractivity contribution in [3.8, 4) is 0 Å². The third-order valence-corrected chi connectivity index (χ3v) is 7.02. The summed E-state index contributed by atoms with van der Waals surface area (Å²) in [6.45, 7) is 8.77. The number of anilines is 1. The third-order valence-electron chi connectivity index (χ3n) is 4.54. The van der Waals surface area contributed by atoms with E-state index >= 15 is 0 Å². The summed E-state index contributed by atoms with van der Waals surface area (Å²) in [4.78, 5) is 16.0. The SMILES string of the molecule is CCN(CC)C(=S)N1CCN(S(=O)(=O)c2ccc(N)cc2C(C)=O)CC1. The first-order valence-electron chi connectivity index (χ1n) is 8.66. The van der Waals surface area contributed by atoms with Crippen molar-refractivity contribution < 1.29 is 13.2 Å². The van der Waals surface area contributed by atoms with Gasteiger partial charge in [0.1, 0.15) is 0 Å². The van der Waals surface area contributed by atoms with Gasteiger partial charge >= 0.3 is 0 Å². The van der Waals surface area contributed by atoms with Crippen LogP contribution >= 0.6 is 12.2 Å². The molecule has 0 atom stereocenters. The van der Waals surface area contributed by atoms with E-state index < -0.39 is 10.0 Å². The van der Waals surface area contributed by atoms with Gasteiger partial charge in [-0.3, -0.25) is 4.79 Å². The summed E-state index contributed by atoms with van der Waals surface area (Å²) >= 11 is 5.51. The minimum absolute atomic E-state index is 0.0129. The van der Waals surface area contributed by atoms with Gasteiger partial charge in [-0.2, -0.15) is 4.31 Å². The van der Waals surface area contributed by atoms with E-state index in [1.54, 1.807) is 0 Å². The first kappa shape index (κ1) is 20.6. The topological polar surface area (TPSA) is 86.9 Å².